The van der Waals surface area contributed by atoms with Gasteiger partial charge in [-0.25, -0.2) is 9.97 Å². The first-order valence-electron chi connectivity index (χ1n) is 8.58. The second-order valence-corrected chi connectivity index (χ2v) is 6.38. The molecule has 3 aromatic rings. The van der Waals surface area contributed by atoms with Crippen LogP contribution in [0.5, 0.6) is 5.88 Å². The summed E-state index contributed by atoms with van der Waals surface area (Å²) >= 11 is 0. The molecule has 3 heterocycles. The van der Waals surface area contributed by atoms with Gasteiger partial charge >= 0.3 is 0 Å². The van der Waals surface area contributed by atoms with Gasteiger partial charge < -0.3 is 14.2 Å². The van der Waals surface area contributed by atoms with Gasteiger partial charge in [-0.2, -0.15) is 5.26 Å². The third kappa shape index (κ3) is 3.80. The summed E-state index contributed by atoms with van der Waals surface area (Å²) in [6.07, 6.45) is 6.85. The van der Waals surface area contributed by atoms with E-state index in [1.54, 1.807) is 35.8 Å². The fourth-order valence-electron chi connectivity index (χ4n) is 2.92. The number of amides is 1. The van der Waals surface area contributed by atoms with Crippen molar-refractivity contribution in [2.75, 3.05) is 13.1 Å². The summed E-state index contributed by atoms with van der Waals surface area (Å²) in [7, 11) is 0. The fraction of sp³-hybridized carbons (Fsp3) is 0.200. The molecule has 1 aliphatic rings. The molecule has 0 saturated carbocycles. The summed E-state index contributed by atoms with van der Waals surface area (Å²) in [5.41, 5.74) is 2.27. The van der Waals surface area contributed by atoms with E-state index in [0.717, 1.165) is 12.1 Å². The quantitative estimate of drug-likeness (QED) is 0.697. The second-order valence-electron chi connectivity index (χ2n) is 6.38. The van der Waals surface area contributed by atoms with Crippen LogP contribution in [0.1, 0.15) is 21.5 Å². The zero-order chi connectivity index (χ0) is 18.6. The Morgan fingerprint density at radius 3 is 2.74 bits per heavy atom. The first-order valence-corrected chi connectivity index (χ1v) is 8.58. The molecule has 1 aromatic carbocycles. The van der Waals surface area contributed by atoms with Crippen molar-refractivity contribution in [2.24, 2.45) is 0 Å². The van der Waals surface area contributed by atoms with Crippen molar-refractivity contribution in [2.45, 2.75) is 12.6 Å². The minimum absolute atomic E-state index is 0.0113. The molecule has 0 aliphatic carbocycles. The van der Waals surface area contributed by atoms with E-state index in [2.05, 4.69) is 16.0 Å². The number of nitrogens with zero attached hydrogens (tertiary/aromatic N) is 5. The van der Waals surface area contributed by atoms with Crippen LogP contribution in [-0.4, -0.2) is 44.5 Å². The van der Waals surface area contributed by atoms with E-state index in [0.29, 0.717) is 30.1 Å². The highest BCUT2D eigenvalue weighted by atomic mass is 16.5. The number of hydrogen-bond acceptors (Lipinski definition) is 5. The van der Waals surface area contributed by atoms with Crippen LogP contribution in [0.25, 0.3) is 0 Å². The van der Waals surface area contributed by atoms with Gasteiger partial charge in [-0.15, -0.1) is 0 Å². The Kier molecular flexibility index (Phi) is 4.54. The van der Waals surface area contributed by atoms with Gasteiger partial charge in [0.15, 0.2) is 0 Å². The maximum Gasteiger partial charge on any atom is 0.254 e. The Balaban J connectivity index is 1.31. The van der Waals surface area contributed by atoms with Crippen LogP contribution in [-0.2, 0) is 6.54 Å². The van der Waals surface area contributed by atoms with Crippen molar-refractivity contribution in [1.29, 1.82) is 5.26 Å². The summed E-state index contributed by atoms with van der Waals surface area (Å²) in [4.78, 5) is 22.4. The monoisotopic (exact) mass is 359 g/mol. The molecule has 0 N–H and O–H groups in total. The van der Waals surface area contributed by atoms with E-state index >= 15 is 0 Å². The fourth-order valence-corrected chi connectivity index (χ4v) is 2.92. The van der Waals surface area contributed by atoms with E-state index in [1.807, 2.05) is 35.0 Å². The molecule has 1 amide bonds. The highest BCUT2D eigenvalue weighted by Crippen LogP contribution is 2.19. The number of carbonyl (C=O) groups excluding carboxylic acids is 1. The number of aromatic nitrogens is 3. The number of imidazole rings is 1. The van der Waals surface area contributed by atoms with E-state index in [1.165, 1.54) is 0 Å². The lowest BCUT2D eigenvalue weighted by atomic mass is 10.1. The molecule has 134 valence electrons. The Morgan fingerprint density at radius 1 is 1.22 bits per heavy atom. The average molecular weight is 359 g/mol. The summed E-state index contributed by atoms with van der Waals surface area (Å²) < 4.78 is 7.70. The van der Waals surface area contributed by atoms with Crippen molar-refractivity contribution in [3.63, 3.8) is 0 Å². The zero-order valence-electron chi connectivity index (χ0n) is 14.5. The molecule has 1 aliphatic heterocycles. The number of benzene rings is 1. The predicted molar refractivity (Wildman–Crippen MR) is 97.0 cm³/mol. The van der Waals surface area contributed by atoms with Crippen molar-refractivity contribution < 1.29 is 9.53 Å². The van der Waals surface area contributed by atoms with Crippen LogP contribution in [0.3, 0.4) is 0 Å². The Hall–Kier alpha value is -3.66. The van der Waals surface area contributed by atoms with E-state index in [9.17, 15) is 4.79 Å². The van der Waals surface area contributed by atoms with Gasteiger partial charge in [0.1, 0.15) is 6.10 Å². The highest BCUT2D eigenvalue weighted by Gasteiger charge is 2.33. The van der Waals surface area contributed by atoms with Crippen molar-refractivity contribution in [1.82, 2.24) is 19.4 Å². The maximum atomic E-state index is 12.6. The van der Waals surface area contributed by atoms with Crippen molar-refractivity contribution >= 4 is 5.91 Å². The third-order valence-corrected chi connectivity index (χ3v) is 4.41. The first kappa shape index (κ1) is 16.8. The summed E-state index contributed by atoms with van der Waals surface area (Å²) in [5.74, 6) is 0.401. The number of carbonyl (C=O) groups is 1. The number of hydrogen-bond donors (Lipinski definition) is 0. The molecule has 0 radical (unpaired) electrons. The molecular formula is C20H17N5O2. The Bertz CT molecular complexity index is 970. The third-order valence-electron chi connectivity index (χ3n) is 4.41. The van der Waals surface area contributed by atoms with Gasteiger partial charge in [-0.3, -0.25) is 4.79 Å². The van der Waals surface area contributed by atoms with Crippen LogP contribution in [0.4, 0.5) is 0 Å². The van der Waals surface area contributed by atoms with Crippen LogP contribution < -0.4 is 4.74 Å². The van der Waals surface area contributed by atoms with E-state index in [4.69, 9.17) is 10.00 Å². The summed E-state index contributed by atoms with van der Waals surface area (Å²) in [6, 6.07) is 12.9. The van der Waals surface area contributed by atoms with Crippen LogP contribution in [0, 0.1) is 11.3 Å². The number of ether oxygens (including phenoxy) is 1. The number of nitriles is 1. The summed E-state index contributed by atoms with van der Waals surface area (Å²) in [5, 5.41) is 8.91. The molecule has 0 unspecified atom stereocenters. The smallest absolute Gasteiger partial charge is 0.254 e. The van der Waals surface area contributed by atoms with Gasteiger partial charge in [-0.05, 0) is 23.8 Å². The molecule has 1 saturated heterocycles. The van der Waals surface area contributed by atoms with Gasteiger partial charge in [0, 0.05) is 36.8 Å². The lowest BCUT2D eigenvalue weighted by molar-refractivity contribution is 0.0160. The Labute approximate surface area is 156 Å². The minimum Gasteiger partial charge on any atom is -0.471 e. The number of pyridine rings is 1. The van der Waals surface area contributed by atoms with Gasteiger partial charge in [0.2, 0.25) is 5.88 Å². The SMILES string of the molecule is N#Cc1ccnc(OC2CN(C(=O)c3ccc(Cn4ccnc4)cc3)C2)c1. The van der Waals surface area contributed by atoms with Crippen molar-refractivity contribution in [3.05, 3.63) is 78.0 Å². The van der Waals surface area contributed by atoms with E-state index < -0.39 is 0 Å². The zero-order valence-corrected chi connectivity index (χ0v) is 14.5. The Morgan fingerprint density at radius 2 is 2.04 bits per heavy atom. The molecular weight excluding hydrogens is 342 g/mol. The first-order chi connectivity index (χ1) is 13.2. The molecule has 0 atom stereocenters. The lowest BCUT2D eigenvalue weighted by Crippen LogP contribution is -2.56. The maximum absolute atomic E-state index is 12.6. The van der Waals surface area contributed by atoms with E-state index in [-0.39, 0.29) is 12.0 Å². The van der Waals surface area contributed by atoms with Gasteiger partial charge in [0.25, 0.3) is 5.91 Å². The van der Waals surface area contributed by atoms with Crippen molar-refractivity contribution in [3.8, 4) is 11.9 Å². The van der Waals surface area contributed by atoms with Crippen LogP contribution in [0.15, 0.2) is 61.3 Å². The lowest BCUT2D eigenvalue weighted by Gasteiger charge is -2.38. The molecule has 0 spiro atoms. The molecule has 0 bridgehead atoms. The molecule has 1 fully saturated rings. The summed E-state index contributed by atoms with van der Waals surface area (Å²) in [6.45, 7) is 1.74. The van der Waals surface area contributed by atoms with Gasteiger partial charge in [-0.1, -0.05) is 12.1 Å². The molecule has 7 nitrogen and oxygen atoms in total. The molecule has 27 heavy (non-hydrogen) atoms. The predicted octanol–water partition coefficient (Wildman–Crippen LogP) is 2.10. The molecule has 2 aromatic heterocycles. The number of rotatable bonds is 5. The molecule has 4 rings (SSSR count). The largest absolute Gasteiger partial charge is 0.471 e. The standard InChI is InChI=1S/C20H17N5O2/c21-10-16-5-6-23-19(9-16)27-18-12-25(13-18)20(26)17-3-1-15(2-4-17)11-24-8-7-22-14-24/h1-9,14,18H,11-13H2. The highest BCUT2D eigenvalue weighted by molar-refractivity contribution is 5.94. The van der Waals surface area contributed by atoms with Crippen LogP contribution >= 0.6 is 0 Å². The second kappa shape index (κ2) is 7.30. The minimum atomic E-state index is -0.101. The van der Waals surface area contributed by atoms with Crippen LogP contribution in [0.2, 0.25) is 0 Å². The average Bonchev–Trinajstić information content (AvgIpc) is 3.17. The topological polar surface area (TPSA) is 84.0 Å². The molecule has 7 heteroatoms. The normalized spacial score (nSPS) is 13.7. The number of likely N-dealkylation sites (tertiary alicyclic amines) is 1. The van der Waals surface area contributed by atoms with Gasteiger partial charge in [0.05, 0.1) is 31.0 Å².